The van der Waals surface area contributed by atoms with Gasteiger partial charge in [0.2, 0.25) is 0 Å². The predicted molar refractivity (Wildman–Crippen MR) is 67.7 cm³/mol. The maximum Gasteiger partial charge on any atom is 0.198 e. The average molecular weight is 267 g/mol. The fourth-order valence-electron chi connectivity index (χ4n) is 2.75. The zero-order chi connectivity index (χ0) is 12.9. The van der Waals surface area contributed by atoms with Gasteiger partial charge in [-0.15, -0.1) is 10.2 Å². The van der Waals surface area contributed by atoms with Gasteiger partial charge in [-0.3, -0.25) is 4.40 Å². The largest absolute Gasteiger partial charge is 0.374 e. The van der Waals surface area contributed by atoms with Crippen molar-refractivity contribution < 1.29 is 4.74 Å². The predicted octanol–water partition coefficient (Wildman–Crippen LogP) is 2.30. The molecule has 1 saturated heterocycles. The second-order valence-corrected chi connectivity index (χ2v) is 5.26. The molecule has 4 unspecified atom stereocenters. The molecular formula is C12H15ClN4O. The third-order valence-electron chi connectivity index (χ3n) is 3.85. The third kappa shape index (κ3) is 1.61. The Morgan fingerprint density at radius 3 is 2.67 bits per heavy atom. The van der Waals surface area contributed by atoms with Crippen molar-refractivity contribution in [3.8, 4) is 0 Å². The number of hydrogen-bond acceptors (Lipinski definition) is 4. The summed E-state index contributed by atoms with van der Waals surface area (Å²) in [7, 11) is 0. The molecule has 0 spiro atoms. The second kappa shape index (κ2) is 4.17. The van der Waals surface area contributed by atoms with Crippen LogP contribution in [0.4, 0.5) is 0 Å². The van der Waals surface area contributed by atoms with Gasteiger partial charge < -0.3 is 4.74 Å². The summed E-state index contributed by atoms with van der Waals surface area (Å²) in [5.74, 6) is 1.53. The van der Waals surface area contributed by atoms with E-state index in [0.29, 0.717) is 16.7 Å². The van der Waals surface area contributed by atoms with Gasteiger partial charge in [0.25, 0.3) is 0 Å². The molecule has 3 heterocycles. The Morgan fingerprint density at radius 2 is 2.00 bits per heavy atom. The van der Waals surface area contributed by atoms with Crippen LogP contribution in [0.5, 0.6) is 0 Å². The molecule has 0 radical (unpaired) electrons. The Morgan fingerprint density at radius 1 is 1.22 bits per heavy atom. The minimum atomic E-state index is 0.134. The van der Waals surface area contributed by atoms with Crippen LogP contribution in [0.2, 0.25) is 5.15 Å². The maximum atomic E-state index is 6.01. The summed E-state index contributed by atoms with van der Waals surface area (Å²) in [6.07, 6.45) is 3.87. The molecule has 0 aromatic carbocycles. The van der Waals surface area contributed by atoms with Crippen molar-refractivity contribution in [2.45, 2.75) is 38.9 Å². The van der Waals surface area contributed by atoms with Gasteiger partial charge in [0, 0.05) is 12.4 Å². The highest BCUT2D eigenvalue weighted by atomic mass is 35.5. The zero-order valence-electron chi connectivity index (χ0n) is 10.5. The average Bonchev–Trinajstić information content (AvgIpc) is 2.84. The van der Waals surface area contributed by atoms with Crippen molar-refractivity contribution in [1.29, 1.82) is 0 Å². The highest BCUT2D eigenvalue weighted by Crippen LogP contribution is 2.39. The molecule has 0 bridgehead atoms. The van der Waals surface area contributed by atoms with Crippen molar-refractivity contribution >= 4 is 17.2 Å². The molecule has 1 aliphatic heterocycles. The van der Waals surface area contributed by atoms with E-state index in [9.17, 15) is 0 Å². The number of hydrogen-bond donors (Lipinski definition) is 0. The summed E-state index contributed by atoms with van der Waals surface area (Å²) < 4.78 is 7.77. The molecule has 5 nitrogen and oxygen atoms in total. The fraction of sp³-hybridized carbons (Fsp3) is 0.583. The summed E-state index contributed by atoms with van der Waals surface area (Å²) in [6, 6.07) is 0. The Hall–Kier alpha value is -1.20. The number of rotatable bonds is 1. The van der Waals surface area contributed by atoms with Gasteiger partial charge in [-0.1, -0.05) is 18.5 Å². The molecule has 6 heteroatoms. The van der Waals surface area contributed by atoms with Gasteiger partial charge in [-0.2, -0.15) is 0 Å². The van der Waals surface area contributed by atoms with Crippen molar-refractivity contribution in [3.63, 3.8) is 0 Å². The Kier molecular flexibility index (Phi) is 2.75. The molecular weight excluding hydrogens is 252 g/mol. The van der Waals surface area contributed by atoms with Crippen LogP contribution in [0.15, 0.2) is 12.4 Å². The van der Waals surface area contributed by atoms with Crippen LogP contribution in [0.25, 0.3) is 5.65 Å². The molecule has 4 atom stereocenters. The minimum Gasteiger partial charge on any atom is -0.374 e. The first kappa shape index (κ1) is 11.9. The SMILES string of the molecule is CC1OC(C)C(c2nnc3c(Cl)nccn23)C1C. The first-order valence-electron chi connectivity index (χ1n) is 6.10. The lowest BCUT2D eigenvalue weighted by atomic mass is 9.89. The summed E-state index contributed by atoms with van der Waals surface area (Å²) in [5, 5.41) is 8.78. The lowest BCUT2D eigenvalue weighted by Crippen LogP contribution is -2.18. The quantitative estimate of drug-likeness (QED) is 0.795. The first-order chi connectivity index (χ1) is 8.59. The fourth-order valence-corrected chi connectivity index (χ4v) is 2.94. The van der Waals surface area contributed by atoms with E-state index in [2.05, 4.69) is 36.0 Å². The van der Waals surface area contributed by atoms with Crippen molar-refractivity contribution in [3.05, 3.63) is 23.4 Å². The van der Waals surface area contributed by atoms with E-state index in [1.165, 1.54) is 0 Å². The zero-order valence-corrected chi connectivity index (χ0v) is 11.3. The number of ether oxygens (including phenoxy) is 1. The maximum absolute atomic E-state index is 6.01. The highest BCUT2D eigenvalue weighted by molar-refractivity contribution is 6.32. The normalized spacial score (nSPS) is 32.2. The van der Waals surface area contributed by atoms with Crippen LogP contribution in [-0.2, 0) is 4.74 Å². The van der Waals surface area contributed by atoms with E-state index >= 15 is 0 Å². The van der Waals surface area contributed by atoms with Gasteiger partial charge >= 0.3 is 0 Å². The van der Waals surface area contributed by atoms with Crippen LogP contribution in [0.1, 0.15) is 32.5 Å². The summed E-state index contributed by atoms with van der Waals surface area (Å²) in [5.41, 5.74) is 0.605. The van der Waals surface area contributed by atoms with Crippen molar-refractivity contribution in [2.75, 3.05) is 0 Å². The highest BCUT2D eigenvalue weighted by Gasteiger charge is 2.40. The molecule has 18 heavy (non-hydrogen) atoms. The monoisotopic (exact) mass is 266 g/mol. The van der Waals surface area contributed by atoms with Crippen LogP contribution < -0.4 is 0 Å². The van der Waals surface area contributed by atoms with Gasteiger partial charge in [0.15, 0.2) is 10.8 Å². The lowest BCUT2D eigenvalue weighted by Gasteiger charge is -2.16. The Balaban J connectivity index is 2.12. The van der Waals surface area contributed by atoms with E-state index in [1.807, 2.05) is 10.6 Å². The number of halogens is 1. The van der Waals surface area contributed by atoms with Gasteiger partial charge in [-0.05, 0) is 19.8 Å². The summed E-state index contributed by atoms with van der Waals surface area (Å²) in [6.45, 7) is 6.36. The molecule has 3 rings (SSSR count). The standard InChI is InChI=1S/C12H15ClN4O/c1-6-7(2)18-8(3)9(6)11-15-16-12-10(13)14-4-5-17(11)12/h4-9H,1-3H3. The van der Waals surface area contributed by atoms with E-state index in [1.54, 1.807) is 6.20 Å². The van der Waals surface area contributed by atoms with Crippen LogP contribution in [0.3, 0.4) is 0 Å². The van der Waals surface area contributed by atoms with Gasteiger partial charge in [0.05, 0.1) is 18.1 Å². The van der Waals surface area contributed by atoms with E-state index in [-0.39, 0.29) is 18.1 Å². The molecule has 0 saturated carbocycles. The minimum absolute atomic E-state index is 0.134. The molecule has 0 aliphatic carbocycles. The topological polar surface area (TPSA) is 52.3 Å². The molecule has 1 aliphatic rings. The molecule has 1 fully saturated rings. The van der Waals surface area contributed by atoms with Gasteiger partial charge in [0.1, 0.15) is 5.82 Å². The lowest BCUT2D eigenvalue weighted by molar-refractivity contribution is 0.0553. The number of fused-ring (bicyclic) bond motifs is 1. The number of aromatic nitrogens is 4. The molecule has 96 valence electrons. The van der Waals surface area contributed by atoms with Crippen LogP contribution in [0, 0.1) is 5.92 Å². The second-order valence-electron chi connectivity index (χ2n) is 4.90. The van der Waals surface area contributed by atoms with Crippen molar-refractivity contribution in [2.24, 2.45) is 5.92 Å². The first-order valence-corrected chi connectivity index (χ1v) is 6.48. The summed E-state index contributed by atoms with van der Waals surface area (Å²) >= 11 is 6.01. The van der Waals surface area contributed by atoms with Crippen LogP contribution >= 0.6 is 11.6 Å². The molecule has 2 aromatic heterocycles. The van der Waals surface area contributed by atoms with Crippen molar-refractivity contribution in [1.82, 2.24) is 19.6 Å². The van der Waals surface area contributed by atoms with E-state index < -0.39 is 0 Å². The molecule has 0 N–H and O–H groups in total. The third-order valence-corrected chi connectivity index (χ3v) is 4.12. The van der Waals surface area contributed by atoms with E-state index in [0.717, 1.165) is 5.82 Å². The molecule has 2 aromatic rings. The van der Waals surface area contributed by atoms with Gasteiger partial charge in [-0.25, -0.2) is 4.98 Å². The molecule has 0 amide bonds. The van der Waals surface area contributed by atoms with E-state index in [4.69, 9.17) is 16.3 Å². The smallest absolute Gasteiger partial charge is 0.198 e. The Labute approximate surface area is 110 Å². The Bertz CT molecular complexity index is 584. The number of nitrogens with zero attached hydrogens (tertiary/aromatic N) is 4. The summed E-state index contributed by atoms with van der Waals surface area (Å²) in [4.78, 5) is 4.01. The van der Waals surface area contributed by atoms with Crippen LogP contribution in [-0.4, -0.2) is 31.8 Å².